The van der Waals surface area contributed by atoms with Crippen molar-refractivity contribution in [2.24, 2.45) is 0 Å². The summed E-state index contributed by atoms with van der Waals surface area (Å²) in [6, 6.07) is 15.2. The molecule has 20 heavy (non-hydrogen) atoms. The third-order valence-corrected chi connectivity index (χ3v) is 4.08. The lowest BCUT2D eigenvalue weighted by Crippen LogP contribution is -2.31. The molecule has 1 unspecified atom stereocenters. The van der Waals surface area contributed by atoms with Crippen LogP contribution in [-0.2, 0) is 0 Å². The smallest absolute Gasteiger partial charge is 0.221 e. The molecule has 0 spiro atoms. The lowest BCUT2D eigenvalue weighted by molar-refractivity contribution is -0.520. The fraction of sp³-hybridized carbons (Fsp3) is 0.250. The number of fused-ring (bicyclic) bond motifs is 2. The summed E-state index contributed by atoms with van der Waals surface area (Å²) in [5, 5.41) is 11.3. The average Bonchev–Trinajstić information content (AvgIpc) is 2.47. The van der Waals surface area contributed by atoms with Crippen LogP contribution >= 0.6 is 0 Å². The molecule has 4 heteroatoms. The standard InChI is InChI=1S/C16H16N2O2/c1-11(18(19)20)16-12-7-3-5-9-14(12)17(2)15-10-6-4-8-13(15)16/h3-11,16H,1-2H3. The Morgan fingerprint density at radius 1 is 1.05 bits per heavy atom. The van der Waals surface area contributed by atoms with Gasteiger partial charge in [0, 0.05) is 30.3 Å². The van der Waals surface area contributed by atoms with Gasteiger partial charge < -0.3 is 4.90 Å². The molecule has 102 valence electrons. The van der Waals surface area contributed by atoms with Gasteiger partial charge in [-0.3, -0.25) is 10.1 Å². The second-order valence-corrected chi connectivity index (χ2v) is 5.18. The molecule has 0 bridgehead atoms. The molecule has 1 heterocycles. The van der Waals surface area contributed by atoms with Gasteiger partial charge >= 0.3 is 0 Å². The maximum atomic E-state index is 11.3. The first-order valence-electron chi connectivity index (χ1n) is 6.66. The Labute approximate surface area is 117 Å². The fourth-order valence-corrected chi connectivity index (χ4v) is 3.05. The summed E-state index contributed by atoms with van der Waals surface area (Å²) in [7, 11) is 2.00. The van der Waals surface area contributed by atoms with Crippen LogP contribution in [0, 0.1) is 10.1 Å². The Balaban J connectivity index is 2.25. The predicted molar refractivity (Wildman–Crippen MR) is 79.2 cm³/mol. The molecule has 1 aliphatic rings. The van der Waals surface area contributed by atoms with Crippen molar-refractivity contribution in [1.82, 2.24) is 0 Å². The van der Waals surface area contributed by atoms with Crippen LogP contribution in [0.5, 0.6) is 0 Å². The number of para-hydroxylation sites is 2. The van der Waals surface area contributed by atoms with Crippen LogP contribution < -0.4 is 4.90 Å². The maximum Gasteiger partial charge on any atom is 0.221 e. The number of anilines is 2. The van der Waals surface area contributed by atoms with Gasteiger partial charge in [0.15, 0.2) is 0 Å². The van der Waals surface area contributed by atoms with Crippen molar-refractivity contribution in [2.45, 2.75) is 18.9 Å². The van der Waals surface area contributed by atoms with Gasteiger partial charge in [0.1, 0.15) is 0 Å². The molecule has 0 N–H and O–H groups in total. The minimum Gasteiger partial charge on any atom is -0.344 e. The van der Waals surface area contributed by atoms with Crippen molar-refractivity contribution in [3.63, 3.8) is 0 Å². The zero-order chi connectivity index (χ0) is 14.3. The van der Waals surface area contributed by atoms with E-state index in [1.807, 2.05) is 55.6 Å². The summed E-state index contributed by atoms with van der Waals surface area (Å²) >= 11 is 0. The predicted octanol–water partition coefficient (Wildman–Crippen LogP) is 3.57. The third kappa shape index (κ3) is 1.76. The number of nitrogens with zero attached hydrogens (tertiary/aromatic N) is 2. The molecule has 0 amide bonds. The highest BCUT2D eigenvalue weighted by molar-refractivity contribution is 5.75. The Bertz CT molecular complexity index is 622. The Morgan fingerprint density at radius 2 is 1.50 bits per heavy atom. The van der Waals surface area contributed by atoms with Crippen LogP contribution in [0.1, 0.15) is 24.0 Å². The molecule has 0 saturated carbocycles. The number of benzene rings is 2. The topological polar surface area (TPSA) is 46.4 Å². The van der Waals surface area contributed by atoms with E-state index in [2.05, 4.69) is 4.90 Å². The monoisotopic (exact) mass is 268 g/mol. The SMILES string of the molecule is CC(C1c2ccccc2N(C)c2ccccc21)[N+](=O)[O-]. The molecule has 2 aromatic rings. The second-order valence-electron chi connectivity index (χ2n) is 5.18. The first kappa shape index (κ1) is 12.7. The van der Waals surface area contributed by atoms with E-state index in [4.69, 9.17) is 0 Å². The van der Waals surface area contributed by atoms with Crippen LogP contribution in [0.2, 0.25) is 0 Å². The number of rotatable bonds is 2. The van der Waals surface area contributed by atoms with Crippen molar-refractivity contribution >= 4 is 11.4 Å². The molecule has 0 fully saturated rings. The van der Waals surface area contributed by atoms with E-state index < -0.39 is 6.04 Å². The van der Waals surface area contributed by atoms with E-state index in [9.17, 15) is 10.1 Å². The summed E-state index contributed by atoms with van der Waals surface area (Å²) in [6.07, 6.45) is 0. The summed E-state index contributed by atoms with van der Waals surface area (Å²) < 4.78 is 0. The van der Waals surface area contributed by atoms with E-state index in [0.29, 0.717) is 0 Å². The highest BCUT2D eigenvalue weighted by atomic mass is 16.6. The van der Waals surface area contributed by atoms with Crippen molar-refractivity contribution in [2.75, 3.05) is 11.9 Å². The molecule has 0 saturated heterocycles. The second kappa shape index (κ2) is 4.63. The van der Waals surface area contributed by atoms with Crippen LogP contribution in [0.4, 0.5) is 11.4 Å². The van der Waals surface area contributed by atoms with Gasteiger partial charge in [-0.05, 0) is 23.3 Å². The van der Waals surface area contributed by atoms with E-state index in [-0.39, 0.29) is 10.8 Å². The molecule has 0 aliphatic carbocycles. The molecular formula is C16H16N2O2. The quantitative estimate of drug-likeness (QED) is 0.618. The van der Waals surface area contributed by atoms with E-state index in [0.717, 1.165) is 22.5 Å². The molecule has 2 aromatic carbocycles. The van der Waals surface area contributed by atoms with Crippen LogP contribution in [0.3, 0.4) is 0 Å². The molecule has 1 aliphatic heterocycles. The third-order valence-electron chi connectivity index (χ3n) is 4.08. The molecule has 1 atom stereocenters. The Kier molecular flexibility index (Phi) is 2.93. The molecule has 0 radical (unpaired) electrons. The summed E-state index contributed by atoms with van der Waals surface area (Å²) in [6.45, 7) is 1.68. The van der Waals surface area contributed by atoms with Gasteiger partial charge in [-0.15, -0.1) is 0 Å². The van der Waals surface area contributed by atoms with Crippen molar-refractivity contribution in [3.05, 3.63) is 69.8 Å². The van der Waals surface area contributed by atoms with Crippen LogP contribution in [-0.4, -0.2) is 18.0 Å². The Morgan fingerprint density at radius 3 is 1.95 bits per heavy atom. The lowest BCUT2D eigenvalue weighted by atomic mass is 9.81. The van der Waals surface area contributed by atoms with Gasteiger partial charge in [-0.1, -0.05) is 36.4 Å². The normalized spacial score (nSPS) is 15.4. The molecule has 3 rings (SSSR count). The molecule has 0 aromatic heterocycles. The van der Waals surface area contributed by atoms with Crippen LogP contribution in [0.25, 0.3) is 0 Å². The largest absolute Gasteiger partial charge is 0.344 e. The summed E-state index contributed by atoms with van der Waals surface area (Å²) in [5.41, 5.74) is 4.14. The zero-order valence-electron chi connectivity index (χ0n) is 11.5. The Hall–Kier alpha value is -2.36. The van der Waals surface area contributed by atoms with Crippen molar-refractivity contribution < 1.29 is 4.92 Å². The van der Waals surface area contributed by atoms with E-state index in [1.165, 1.54) is 0 Å². The lowest BCUT2D eigenvalue weighted by Gasteiger charge is -2.35. The molecular weight excluding hydrogens is 252 g/mol. The number of nitro groups is 1. The summed E-state index contributed by atoms with van der Waals surface area (Å²) in [4.78, 5) is 13.2. The van der Waals surface area contributed by atoms with Gasteiger partial charge in [-0.25, -0.2) is 0 Å². The van der Waals surface area contributed by atoms with Gasteiger partial charge in [0.05, 0.1) is 5.92 Å². The van der Waals surface area contributed by atoms with E-state index in [1.54, 1.807) is 6.92 Å². The average molecular weight is 268 g/mol. The van der Waals surface area contributed by atoms with Gasteiger partial charge in [-0.2, -0.15) is 0 Å². The zero-order valence-corrected chi connectivity index (χ0v) is 11.5. The van der Waals surface area contributed by atoms with E-state index >= 15 is 0 Å². The van der Waals surface area contributed by atoms with Gasteiger partial charge in [0.25, 0.3) is 0 Å². The number of hydrogen-bond acceptors (Lipinski definition) is 3. The first-order valence-corrected chi connectivity index (χ1v) is 6.66. The van der Waals surface area contributed by atoms with Crippen molar-refractivity contribution in [3.8, 4) is 0 Å². The maximum absolute atomic E-state index is 11.3. The minimum absolute atomic E-state index is 0.191. The first-order chi connectivity index (χ1) is 9.61. The highest BCUT2D eigenvalue weighted by Gasteiger charge is 2.37. The van der Waals surface area contributed by atoms with Crippen LogP contribution in [0.15, 0.2) is 48.5 Å². The minimum atomic E-state index is -0.647. The number of hydrogen-bond donors (Lipinski definition) is 0. The molecule has 4 nitrogen and oxygen atoms in total. The summed E-state index contributed by atoms with van der Waals surface area (Å²) in [5.74, 6) is -0.200. The van der Waals surface area contributed by atoms with Crippen molar-refractivity contribution in [1.29, 1.82) is 0 Å². The highest BCUT2D eigenvalue weighted by Crippen LogP contribution is 2.46. The fourth-order valence-electron chi connectivity index (χ4n) is 3.05. The van der Waals surface area contributed by atoms with Gasteiger partial charge in [0.2, 0.25) is 6.04 Å².